The van der Waals surface area contributed by atoms with Crippen LogP contribution < -0.4 is 9.80 Å². The molecule has 0 aliphatic carbocycles. The predicted molar refractivity (Wildman–Crippen MR) is 158 cm³/mol. The molecular weight excluding hydrogens is 516 g/mol. The number of amides is 1. The second-order valence-corrected chi connectivity index (χ2v) is 11.7. The Morgan fingerprint density at radius 3 is 2.44 bits per heavy atom. The summed E-state index contributed by atoms with van der Waals surface area (Å²) in [5.74, 6) is 2.73. The molecule has 1 unspecified atom stereocenters. The third-order valence-corrected chi connectivity index (χ3v) is 9.30. The fourth-order valence-corrected chi connectivity index (χ4v) is 6.91. The topological polar surface area (TPSA) is 87.8 Å². The second kappa shape index (κ2) is 10.1. The Morgan fingerprint density at radius 2 is 1.73 bits per heavy atom. The van der Waals surface area contributed by atoms with E-state index in [4.69, 9.17) is 19.2 Å². The summed E-state index contributed by atoms with van der Waals surface area (Å²) in [5.41, 5.74) is 4.79. The van der Waals surface area contributed by atoms with Crippen molar-refractivity contribution in [1.82, 2.24) is 20.0 Å². The number of hydrogen-bond donors (Lipinski definition) is 0. The molecule has 0 radical (unpaired) electrons. The van der Waals surface area contributed by atoms with Crippen molar-refractivity contribution in [3.63, 3.8) is 0 Å². The summed E-state index contributed by atoms with van der Waals surface area (Å²) in [6.45, 7) is 8.26. The minimum Gasteiger partial charge on any atom is -0.377 e. The van der Waals surface area contributed by atoms with Crippen LogP contribution in [0.3, 0.4) is 0 Å². The van der Waals surface area contributed by atoms with E-state index in [-0.39, 0.29) is 11.5 Å². The molecule has 3 aliphatic heterocycles. The van der Waals surface area contributed by atoms with Gasteiger partial charge in [0, 0.05) is 44.2 Å². The molecule has 4 aromatic rings. The molecule has 5 heterocycles. The van der Waals surface area contributed by atoms with Crippen molar-refractivity contribution in [3.05, 3.63) is 65.5 Å². The fraction of sp³-hybridized carbons (Fsp3) is 0.438. The van der Waals surface area contributed by atoms with E-state index in [1.165, 1.54) is 5.56 Å². The van der Waals surface area contributed by atoms with Gasteiger partial charge in [0.1, 0.15) is 11.6 Å². The van der Waals surface area contributed by atoms with Gasteiger partial charge in [-0.2, -0.15) is 4.98 Å². The van der Waals surface area contributed by atoms with E-state index in [1.54, 1.807) is 0 Å². The van der Waals surface area contributed by atoms with Gasteiger partial charge in [-0.15, -0.1) is 0 Å². The maximum Gasteiger partial charge on any atom is 0.228 e. The Bertz CT molecular complexity index is 1570. The number of ether oxygens (including phenoxy) is 1. The molecule has 2 aromatic heterocycles. The maximum absolute atomic E-state index is 13.0. The van der Waals surface area contributed by atoms with Gasteiger partial charge in [-0.1, -0.05) is 41.6 Å². The Kier molecular flexibility index (Phi) is 6.42. The van der Waals surface area contributed by atoms with Crippen LogP contribution in [-0.2, 0) is 9.53 Å². The molecule has 0 N–H and O–H groups in total. The highest BCUT2D eigenvalue weighted by molar-refractivity contribution is 5.94. The molecule has 3 aliphatic rings. The van der Waals surface area contributed by atoms with E-state index in [9.17, 15) is 4.79 Å². The third kappa shape index (κ3) is 4.43. The van der Waals surface area contributed by atoms with Gasteiger partial charge in [-0.3, -0.25) is 4.79 Å². The first-order chi connectivity index (χ1) is 19.9. The smallest absolute Gasteiger partial charge is 0.228 e. The number of nitrogens with zero attached hydrogens (tertiary/aromatic N) is 6. The lowest BCUT2D eigenvalue weighted by atomic mass is 9.77. The fourth-order valence-electron chi connectivity index (χ4n) is 6.91. The van der Waals surface area contributed by atoms with Crippen LogP contribution in [-0.4, -0.2) is 72.4 Å². The Labute approximate surface area is 240 Å². The number of likely N-dealkylation sites (tertiary alicyclic amines) is 1. The Morgan fingerprint density at radius 1 is 0.951 bits per heavy atom. The first-order valence-corrected chi connectivity index (χ1v) is 14.6. The molecular formula is C32H36N6O3. The SMILES string of the molecule is Cc1noc(C)c1-c1ccc2nc(N3CCC4(CCN(C)C4=O)CC3)nc(N3CCOCC3c3ccccc3)c2c1. The summed E-state index contributed by atoms with van der Waals surface area (Å²) < 4.78 is 11.5. The van der Waals surface area contributed by atoms with Crippen LogP contribution in [0.1, 0.15) is 42.3 Å². The number of aromatic nitrogens is 3. The highest BCUT2D eigenvalue weighted by Crippen LogP contribution is 2.43. The van der Waals surface area contributed by atoms with Crippen molar-refractivity contribution in [2.75, 3.05) is 56.2 Å². The molecule has 1 amide bonds. The highest BCUT2D eigenvalue weighted by atomic mass is 16.5. The number of morpholine rings is 1. The van der Waals surface area contributed by atoms with Gasteiger partial charge >= 0.3 is 0 Å². The zero-order chi connectivity index (χ0) is 28.1. The van der Waals surface area contributed by atoms with E-state index < -0.39 is 0 Å². The minimum atomic E-state index is -0.225. The van der Waals surface area contributed by atoms with E-state index >= 15 is 0 Å². The number of hydrogen-bond acceptors (Lipinski definition) is 8. The predicted octanol–water partition coefficient (Wildman–Crippen LogP) is 4.93. The molecule has 1 spiro atoms. The van der Waals surface area contributed by atoms with E-state index in [0.717, 1.165) is 90.7 Å². The molecule has 7 rings (SSSR count). The molecule has 9 nitrogen and oxygen atoms in total. The van der Waals surface area contributed by atoms with Crippen molar-refractivity contribution >= 4 is 28.6 Å². The van der Waals surface area contributed by atoms with E-state index in [1.807, 2.05) is 31.9 Å². The van der Waals surface area contributed by atoms with Crippen LogP contribution >= 0.6 is 0 Å². The molecule has 212 valence electrons. The number of piperidine rings is 1. The zero-order valence-electron chi connectivity index (χ0n) is 24.0. The number of anilines is 2. The first kappa shape index (κ1) is 26.0. The van der Waals surface area contributed by atoms with Gasteiger partial charge in [-0.25, -0.2) is 4.98 Å². The molecule has 3 fully saturated rings. The monoisotopic (exact) mass is 552 g/mol. The second-order valence-electron chi connectivity index (χ2n) is 11.7. The normalized spacial score (nSPS) is 20.9. The van der Waals surface area contributed by atoms with Crippen LogP contribution in [0.25, 0.3) is 22.0 Å². The largest absolute Gasteiger partial charge is 0.377 e. The summed E-state index contributed by atoms with van der Waals surface area (Å²) in [7, 11) is 1.92. The number of benzene rings is 2. The van der Waals surface area contributed by atoms with Crippen LogP contribution in [0.15, 0.2) is 53.1 Å². The minimum absolute atomic E-state index is 0.0369. The lowest BCUT2D eigenvalue weighted by molar-refractivity contribution is -0.135. The lowest BCUT2D eigenvalue weighted by Crippen LogP contribution is -2.45. The molecule has 0 bridgehead atoms. The average Bonchev–Trinajstić information content (AvgIpc) is 3.49. The zero-order valence-corrected chi connectivity index (χ0v) is 24.0. The first-order valence-electron chi connectivity index (χ1n) is 14.6. The van der Waals surface area contributed by atoms with Gasteiger partial charge in [-0.05, 0) is 56.4 Å². The van der Waals surface area contributed by atoms with Crippen molar-refractivity contribution < 1.29 is 14.1 Å². The molecule has 41 heavy (non-hydrogen) atoms. The van der Waals surface area contributed by atoms with Crippen LogP contribution in [0.2, 0.25) is 0 Å². The summed E-state index contributed by atoms with van der Waals surface area (Å²) in [4.78, 5) is 29.9. The average molecular weight is 553 g/mol. The van der Waals surface area contributed by atoms with Crippen LogP contribution in [0.5, 0.6) is 0 Å². The molecule has 1 atom stereocenters. The lowest BCUT2D eigenvalue weighted by Gasteiger charge is -2.39. The number of carbonyl (C=O) groups excluding carboxylic acids is 1. The van der Waals surface area contributed by atoms with Gasteiger partial charge in [0.25, 0.3) is 0 Å². The van der Waals surface area contributed by atoms with Crippen LogP contribution in [0.4, 0.5) is 11.8 Å². The van der Waals surface area contributed by atoms with Crippen molar-refractivity contribution in [2.24, 2.45) is 5.41 Å². The van der Waals surface area contributed by atoms with Crippen LogP contribution in [0, 0.1) is 19.3 Å². The number of rotatable bonds is 4. The number of carbonyl (C=O) groups is 1. The maximum atomic E-state index is 13.0. The van der Waals surface area contributed by atoms with Gasteiger partial charge in [0.15, 0.2) is 0 Å². The molecule has 2 aromatic carbocycles. The summed E-state index contributed by atoms with van der Waals surface area (Å²) in [6, 6.07) is 16.9. The Balaban J connectivity index is 1.32. The quantitative estimate of drug-likeness (QED) is 0.352. The van der Waals surface area contributed by atoms with E-state index in [2.05, 4.69) is 57.4 Å². The van der Waals surface area contributed by atoms with Crippen molar-refractivity contribution in [2.45, 2.75) is 39.2 Å². The Hall–Kier alpha value is -3.98. The summed E-state index contributed by atoms with van der Waals surface area (Å²) in [5, 5.41) is 5.18. The van der Waals surface area contributed by atoms with E-state index in [0.29, 0.717) is 19.1 Å². The summed E-state index contributed by atoms with van der Waals surface area (Å²) in [6.07, 6.45) is 2.61. The highest BCUT2D eigenvalue weighted by Gasteiger charge is 2.47. The summed E-state index contributed by atoms with van der Waals surface area (Å²) >= 11 is 0. The molecule has 0 saturated carbocycles. The van der Waals surface area contributed by atoms with Crippen molar-refractivity contribution in [3.8, 4) is 11.1 Å². The number of fused-ring (bicyclic) bond motifs is 1. The number of aryl methyl sites for hydroxylation is 2. The van der Waals surface area contributed by atoms with Gasteiger partial charge in [0.2, 0.25) is 11.9 Å². The molecule has 3 saturated heterocycles. The van der Waals surface area contributed by atoms with Crippen molar-refractivity contribution in [1.29, 1.82) is 0 Å². The third-order valence-electron chi connectivity index (χ3n) is 9.30. The molecule has 9 heteroatoms. The van der Waals surface area contributed by atoms with Gasteiger partial charge < -0.3 is 24.0 Å². The van der Waals surface area contributed by atoms with Gasteiger partial charge in [0.05, 0.1) is 35.9 Å². The standard InChI is InChI=1S/C32H36N6O3/c1-21-28(22(2)41-35-21)24-9-10-26-25(19-24)29(38-17-18-40-20-27(38)23-7-5-4-6-8-23)34-31(33-26)37-15-12-32(13-16-37)11-14-36(3)30(32)39/h4-10,19,27H,11-18,20H2,1-3H3.